The maximum absolute atomic E-state index is 13.2. The Hall–Kier alpha value is -2.84. The fraction of sp³-hybridized carbons (Fsp3) is 0.105. The molecule has 0 amide bonds. The summed E-state index contributed by atoms with van der Waals surface area (Å²) in [5.74, 6) is 1.40. The number of hydrogen-bond donors (Lipinski definition) is 1. The molecule has 0 saturated heterocycles. The molecule has 0 atom stereocenters. The molecule has 0 aliphatic carbocycles. The SMILES string of the molecule is O=c1cc2nc(-c3ccc(F)cc3)nc(SCCOc3ccc(Cl)cc3)n2[nH]1. The maximum Gasteiger partial charge on any atom is 0.266 e. The van der Waals surface area contributed by atoms with Crippen molar-refractivity contribution >= 4 is 29.0 Å². The smallest absolute Gasteiger partial charge is 0.266 e. The van der Waals surface area contributed by atoms with Crippen molar-refractivity contribution in [2.75, 3.05) is 12.4 Å². The van der Waals surface area contributed by atoms with Crippen molar-refractivity contribution in [1.82, 2.24) is 19.6 Å². The van der Waals surface area contributed by atoms with E-state index in [9.17, 15) is 9.18 Å². The van der Waals surface area contributed by atoms with E-state index in [1.165, 1.54) is 34.5 Å². The third-order valence-corrected chi connectivity index (χ3v) is 4.98. The molecule has 142 valence electrons. The molecule has 0 radical (unpaired) electrons. The Bertz CT molecular complexity index is 1160. The summed E-state index contributed by atoms with van der Waals surface area (Å²) in [5.41, 5.74) is 0.835. The molecule has 0 fully saturated rings. The number of ether oxygens (including phenoxy) is 1. The van der Waals surface area contributed by atoms with Crippen LogP contribution in [0.3, 0.4) is 0 Å². The Labute approximate surface area is 168 Å². The number of nitrogens with zero attached hydrogens (tertiary/aromatic N) is 3. The molecule has 4 rings (SSSR count). The zero-order valence-electron chi connectivity index (χ0n) is 14.4. The Morgan fingerprint density at radius 3 is 2.61 bits per heavy atom. The van der Waals surface area contributed by atoms with E-state index in [-0.39, 0.29) is 11.4 Å². The molecule has 2 aromatic carbocycles. The number of aromatic amines is 1. The number of aromatic nitrogens is 4. The second-order valence-electron chi connectivity index (χ2n) is 5.80. The van der Waals surface area contributed by atoms with E-state index >= 15 is 0 Å². The topological polar surface area (TPSA) is 72.3 Å². The Kier molecular flexibility index (Phi) is 5.31. The molecule has 2 aromatic heterocycles. The molecular weight excluding hydrogens is 403 g/mol. The van der Waals surface area contributed by atoms with Crippen LogP contribution in [0.2, 0.25) is 5.02 Å². The predicted octanol–water partition coefficient (Wildman–Crippen LogP) is 4.05. The molecular formula is C19H14ClFN4O2S. The van der Waals surface area contributed by atoms with Crippen LogP contribution in [0.15, 0.2) is 64.5 Å². The lowest BCUT2D eigenvalue weighted by Crippen LogP contribution is -2.06. The van der Waals surface area contributed by atoms with E-state index in [0.29, 0.717) is 39.6 Å². The van der Waals surface area contributed by atoms with Gasteiger partial charge in [-0.2, -0.15) is 0 Å². The van der Waals surface area contributed by atoms with Gasteiger partial charge in [-0.3, -0.25) is 9.89 Å². The quantitative estimate of drug-likeness (QED) is 0.379. The largest absolute Gasteiger partial charge is 0.493 e. The Morgan fingerprint density at radius 2 is 1.86 bits per heavy atom. The zero-order chi connectivity index (χ0) is 19.5. The fourth-order valence-corrected chi connectivity index (χ4v) is 3.43. The summed E-state index contributed by atoms with van der Waals surface area (Å²) in [6, 6.07) is 14.4. The first-order valence-electron chi connectivity index (χ1n) is 8.35. The number of fused-ring (bicyclic) bond motifs is 1. The van der Waals surface area contributed by atoms with Gasteiger partial charge < -0.3 is 4.74 Å². The standard InChI is InChI=1S/C19H14ClFN4O2S/c20-13-3-7-15(8-4-13)27-9-10-28-19-23-18(12-1-5-14(21)6-2-12)22-16-11-17(26)24-25(16)19/h1-8,11H,9-10H2,(H,24,26). The number of benzene rings is 2. The highest BCUT2D eigenvalue weighted by molar-refractivity contribution is 7.99. The first-order chi connectivity index (χ1) is 13.6. The van der Waals surface area contributed by atoms with Crippen molar-refractivity contribution in [2.45, 2.75) is 5.16 Å². The first kappa shape index (κ1) is 18.5. The highest BCUT2D eigenvalue weighted by atomic mass is 35.5. The molecule has 6 nitrogen and oxygen atoms in total. The van der Waals surface area contributed by atoms with Gasteiger partial charge in [-0.05, 0) is 48.5 Å². The number of nitrogens with one attached hydrogen (secondary N) is 1. The van der Waals surface area contributed by atoms with E-state index in [0.717, 1.165) is 5.75 Å². The molecule has 2 heterocycles. The highest BCUT2D eigenvalue weighted by Gasteiger charge is 2.11. The van der Waals surface area contributed by atoms with Crippen LogP contribution in [0.1, 0.15) is 0 Å². The number of rotatable bonds is 6. The summed E-state index contributed by atoms with van der Waals surface area (Å²) < 4.78 is 20.4. The molecule has 0 unspecified atom stereocenters. The minimum Gasteiger partial charge on any atom is -0.493 e. The maximum atomic E-state index is 13.2. The van der Waals surface area contributed by atoms with Gasteiger partial charge in [-0.1, -0.05) is 23.4 Å². The van der Waals surface area contributed by atoms with Gasteiger partial charge in [0.2, 0.25) is 0 Å². The van der Waals surface area contributed by atoms with Gasteiger partial charge in [0, 0.05) is 22.4 Å². The summed E-state index contributed by atoms with van der Waals surface area (Å²) in [4.78, 5) is 20.6. The molecule has 4 aromatic rings. The fourth-order valence-electron chi connectivity index (χ4n) is 2.53. The van der Waals surface area contributed by atoms with Gasteiger partial charge in [0.05, 0.1) is 6.61 Å². The van der Waals surface area contributed by atoms with Gasteiger partial charge in [-0.15, -0.1) is 0 Å². The minimum absolute atomic E-state index is 0.273. The normalized spacial score (nSPS) is 11.1. The molecule has 9 heteroatoms. The molecule has 1 N–H and O–H groups in total. The van der Waals surface area contributed by atoms with Gasteiger partial charge in [-0.25, -0.2) is 18.9 Å². The van der Waals surface area contributed by atoms with Crippen molar-refractivity contribution in [1.29, 1.82) is 0 Å². The lowest BCUT2D eigenvalue weighted by Gasteiger charge is -2.08. The Balaban J connectivity index is 1.54. The second kappa shape index (κ2) is 8.04. The first-order valence-corrected chi connectivity index (χ1v) is 9.72. The van der Waals surface area contributed by atoms with Crippen LogP contribution in [0.4, 0.5) is 4.39 Å². The van der Waals surface area contributed by atoms with E-state index in [1.807, 2.05) is 0 Å². The number of thioether (sulfide) groups is 1. The van der Waals surface area contributed by atoms with Crippen molar-refractivity contribution in [3.8, 4) is 17.1 Å². The molecule has 0 saturated carbocycles. The van der Waals surface area contributed by atoms with Crippen LogP contribution in [0.25, 0.3) is 17.0 Å². The summed E-state index contributed by atoms with van der Waals surface area (Å²) in [7, 11) is 0. The monoisotopic (exact) mass is 416 g/mol. The van der Waals surface area contributed by atoms with E-state index in [4.69, 9.17) is 16.3 Å². The number of halogens is 2. The van der Waals surface area contributed by atoms with Gasteiger partial charge in [0.15, 0.2) is 16.6 Å². The van der Waals surface area contributed by atoms with Crippen molar-refractivity contribution in [2.24, 2.45) is 0 Å². The van der Waals surface area contributed by atoms with Crippen LogP contribution in [0.5, 0.6) is 5.75 Å². The molecule has 0 aliphatic rings. The summed E-state index contributed by atoms with van der Waals surface area (Å²) >= 11 is 7.27. The lowest BCUT2D eigenvalue weighted by molar-refractivity contribution is 0.344. The van der Waals surface area contributed by atoms with Crippen LogP contribution in [-0.4, -0.2) is 31.9 Å². The van der Waals surface area contributed by atoms with Gasteiger partial charge in [0.1, 0.15) is 11.6 Å². The predicted molar refractivity (Wildman–Crippen MR) is 107 cm³/mol. The molecule has 0 aliphatic heterocycles. The zero-order valence-corrected chi connectivity index (χ0v) is 16.0. The third kappa shape index (κ3) is 4.18. The van der Waals surface area contributed by atoms with E-state index < -0.39 is 0 Å². The van der Waals surface area contributed by atoms with Crippen molar-refractivity contribution in [3.63, 3.8) is 0 Å². The van der Waals surface area contributed by atoms with Crippen molar-refractivity contribution < 1.29 is 9.13 Å². The highest BCUT2D eigenvalue weighted by Crippen LogP contribution is 2.22. The third-order valence-electron chi connectivity index (χ3n) is 3.82. The average molecular weight is 417 g/mol. The average Bonchev–Trinajstić information content (AvgIpc) is 3.07. The Morgan fingerprint density at radius 1 is 1.11 bits per heavy atom. The number of hydrogen-bond acceptors (Lipinski definition) is 5. The van der Waals surface area contributed by atoms with Crippen LogP contribution >= 0.6 is 23.4 Å². The number of H-pyrrole nitrogens is 1. The lowest BCUT2D eigenvalue weighted by atomic mass is 10.2. The molecule has 0 spiro atoms. The minimum atomic E-state index is -0.336. The van der Waals surface area contributed by atoms with Crippen molar-refractivity contribution in [3.05, 3.63) is 75.8 Å². The van der Waals surface area contributed by atoms with Crippen LogP contribution in [-0.2, 0) is 0 Å². The van der Waals surface area contributed by atoms with E-state index in [2.05, 4.69) is 15.1 Å². The van der Waals surface area contributed by atoms with Gasteiger partial charge in [0.25, 0.3) is 5.56 Å². The van der Waals surface area contributed by atoms with Crippen LogP contribution in [0, 0.1) is 5.82 Å². The van der Waals surface area contributed by atoms with Crippen LogP contribution < -0.4 is 10.3 Å². The summed E-state index contributed by atoms with van der Waals surface area (Å²) in [6.07, 6.45) is 0. The molecule has 0 bridgehead atoms. The molecule has 28 heavy (non-hydrogen) atoms. The summed E-state index contributed by atoms with van der Waals surface area (Å²) in [6.45, 7) is 0.440. The second-order valence-corrected chi connectivity index (χ2v) is 7.30. The van der Waals surface area contributed by atoms with Gasteiger partial charge >= 0.3 is 0 Å². The summed E-state index contributed by atoms with van der Waals surface area (Å²) in [5, 5.41) is 3.89. The van der Waals surface area contributed by atoms with E-state index in [1.54, 1.807) is 36.4 Å².